The Bertz CT molecular complexity index is 1800. The molecule has 3 N–H and O–H groups in total. The number of methoxy groups -OCH3 is 2. The molecule has 0 radical (unpaired) electrons. The summed E-state index contributed by atoms with van der Waals surface area (Å²) in [5, 5.41) is 34.0. The minimum atomic E-state index is -2.40. The van der Waals surface area contributed by atoms with Crippen molar-refractivity contribution in [2.45, 2.75) is 179 Å². The van der Waals surface area contributed by atoms with Gasteiger partial charge in [-0.2, -0.15) is 24.4 Å². The molecule has 0 aromatic heterocycles. The Morgan fingerprint density at radius 3 is 2.33 bits per heavy atom. The normalized spacial score (nSPS) is 39.6. The van der Waals surface area contributed by atoms with E-state index in [0.29, 0.717) is 69.1 Å². The Balaban J connectivity index is 1.72. The smallest absolute Gasteiger partial charge is 0.329 e. The fourth-order valence-corrected chi connectivity index (χ4v) is 11.6. The number of nitrogens with zero attached hydrogens (tertiary/aromatic N) is 1. The Labute approximate surface area is 409 Å². The summed E-state index contributed by atoms with van der Waals surface area (Å²) in [6.45, 7) is 12.9. The van der Waals surface area contributed by atoms with E-state index in [1.54, 1.807) is 45.7 Å². The number of rotatable bonds is 8. The topological polar surface area (TPSA) is 186 Å². The van der Waals surface area contributed by atoms with Crippen LogP contribution in [0.25, 0.3) is 0 Å². The van der Waals surface area contributed by atoms with Crippen LogP contribution in [0.2, 0.25) is 0 Å². The van der Waals surface area contributed by atoms with E-state index in [2.05, 4.69) is 12.6 Å². The molecular formula is C52H81NO12S2. The van der Waals surface area contributed by atoms with Crippen molar-refractivity contribution in [1.82, 2.24) is 4.90 Å². The molecule has 1 saturated carbocycles. The highest BCUT2D eigenvalue weighted by Gasteiger charge is 2.53. The number of aliphatic hydroxyl groups excluding tert-OH is 2. The molecule has 3 fully saturated rings. The maximum atomic E-state index is 14.4. The quantitative estimate of drug-likeness (QED) is 0.0830. The van der Waals surface area contributed by atoms with E-state index >= 15 is 0 Å². The number of Topliss-reactive ketones (excluding diaryl/α,β-unsaturated/α-hetero) is 3. The summed E-state index contributed by atoms with van der Waals surface area (Å²) in [6.07, 6.45) is 12.3. The predicted molar refractivity (Wildman–Crippen MR) is 264 cm³/mol. The van der Waals surface area contributed by atoms with Crippen molar-refractivity contribution < 1.29 is 58.2 Å². The highest BCUT2D eigenvalue weighted by Crippen LogP contribution is 2.39. The van der Waals surface area contributed by atoms with Gasteiger partial charge >= 0.3 is 5.97 Å². The SMILES string of the molecule is CO[C@@H]1C[C@H](C[C@@H](C)[C@@H]2CC(=O)[C@H](C)/C=C(\C)[C@@H](O)[C@@H](OC)C(=O)[C@H](C)C[C@H](C)\C=C/C=C/C=C(\C)C(SCCS)C[C@@H]3CC[C@@H](C)[C@@](O)(O3)C(=O)C(=O)N3CCCC[C@H]3C(=O)O2)CC[C@H]1O. The van der Waals surface area contributed by atoms with E-state index in [4.69, 9.17) is 18.9 Å². The van der Waals surface area contributed by atoms with Crippen LogP contribution in [0, 0.1) is 35.5 Å². The molecule has 3 aliphatic heterocycles. The number of carbonyl (C=O) groups is 5. The van der Waals surface area contributed by atoms with E-state index in [1.807, 2.05) is 58.1 Å². The Morgan fingerprint density at radius 2 is 1.64 bits per heavy atom. The predicted octanol–water partition coefficient (Wildman–Crippen LogP) is 7.20. The number of cyclic esters (lactones) is 1. The van der Waals surface area contributed by atoms with Gasteiger partial charge in [0.1, 0.15) is 30.1 Å². The number of allylic oxidation sites excluding steroid dienone is 6. The maximum absolute atomic E-state index is 14.4. The van der Waals surface area contributed by atoms with Gasteiger partial charge in [0.2, 0.25) is 5.79 Å². The third-order valence-corrected chi connectivity index (χ3v) is 16.5. The van der Waals surface area contributed by atoms with Gasteiger partial charge in [0.05, 0.1) is 18.3 Å². The Morgan fingerprint density at radius 1 is 0.910 bits per heavy atom. The number of fused-ring (bicyclic) bond motifs is 3. The lowest BCUT2D eigenvalue weighted by atomic mass is 9.78. The van der Waals surface area contributed by atoms with Crippen molar-refractivity contribution in [2.24, 2.45) is 35.5 Å². The minimum Gasteiger partial charge on any atom is -0.460 e. The summed E-state index contributed by atoms with van der Waals surface area (Å²) in [5.41, 5.74) is 1.45. The highest BCUT2D eigenvalue weighted by atomic mass is 32.2. The molecule has 1 amide bonds. The van der Waals surface area contributed by atoms with E-state index in [-0.39, 0.29) is 60.1 Å². The van der Waals surface area contributed by atoms with Crippen molar-refractivity contribution in [2.75, 3.05) is 32.3 Å². The Kier molecular flexibility index (Phi) is 23.0. The van der Waals surface area contributed by atoms with E-state index in [1.165, 1.54) is 12.0 Å². The lowest BCUT2D eigenvalue weighted by Crippen LogP contribution is -2.60. The standard InChI is InChI=1S/C52H81NO12S2/c1-31-15-11-10-12-16-32(2)45(67-24-23-66)29-39-20-18-37(7)52(61,65-39)49(58)50(59)53-22-14-13-17-40(53)51(60)64-43(34(4)27-38-19-21-41(54)44(28-38)62-8)30-42(55)33(3)26-36(6)47(57)48(63-9)46(56)35(5)25-31/h10-12,15-16,26,31,33-35,37-41,43-45,47-48,54,57,61,66H,13-14,17-25,27-30H2,1-9H3/b12-10+,15-11-,32-16+,36-26+/t31-,33-,34-,35-,37-,38+,39+,40+,41-,43+,44-,45?,47-,48+,52-/m1/s1. The molecule has 15 atom stereocenters. The summed E-state index contributed by atoms with van der Waals surface area (Å²) in [6, 6.07) is -1.13. The van der Waals surface area contributed by atoms with Crippen molar-refractivity contribution in [1.29, 1.82) is 0 Å². The number of thioether (sulfide) groups is 1. The zero-order valence-electron chi connectivity index (χ0n) is 41.5. The van der Waals surface area contributed by atoms with Crippen LogP contribution >= 0.6 is 24.4 Å². The maximum Gasteiger partial charge on any atom is 0.329 e. The molecule has 3 heterocycles. The highest BCUT2D eigenvalue weighted by molar-refractivity contribution is 8.00. The molecule has 0 aromatic rings. The van der Waals surface area contributed by atoms with Crippen LogP contribution in [-0.4, -0.2) is 135 Å². The third-order valence-electron chi connectivity index (χ3n) is 14.6. The number of carbonyl (C=O) groups excluding carboxylic acids is 5. The molecule has 4 aliphatic rings. The molecule has 2 saturated heterocycles. The molecule has 1 unspecified atom stereocenters. The molecule has 1 aliphatic carbocycles. The molecule has 378 valence electrons. The molecule has 2 bridgehead atoms. The average Bonchev–Trinajstić information content (AvgIpc) is 3.30. The molecule has 13 nitrogen and oxygen atoms in total. The van der Waals surface area contributed by atoms with Crippen molar-refractivity contribution in [3.05, 3.63) is 47.6 Å². The molecule has 0 aromatic carbocycles. The van der Waals surface area contributed by atoms with E-state index in [9.17, 15) is 39.3 Å². The second kappa shape index (κ2) is 27.1. The van der Waals surface area contributed by atoms with E-state index in [0.717, 1.165) is 17.7 Å². The van der Waals surface area contributed by atoms with Gasteiger partial charge < -0.3 is 39.2 Å². The van der Waals surface area contributed by atoms with E-state index < -0.39 is 77.8 Å². The number of ketones is 3. The van der Waals surface area contributed by atoms with Crippen LogP contribution in [0.15, 0.2) is 47.6 Å². The summed E-state index contributed by atoms with van der Waals surface area (Å²) in [7, 11) is 2.96. The van der Waals surface area contributed by atoms with Crippen LogP contribution in [0.4, 0.5) is 0 Å². The monoisotopic (exact) mass is 976 g/mol. The number of piperidine rings is 1. The number of esters is 1. The van der Waals surface area contributed by atoms with Crippen LogP contribution in [0.1, 0.15) is 126 Å². The van der Waals surface area contributed by atoms with Gasteiger partial charge in [0.15, 0.2) is 5.78 Å². The number of amides is 1. The zero-order chi connectivity index (χ0) is 49.6. The first-order valence-corrected chi connectivity index (χ1v) is 26.3. The second-order valence-electron chi connectivity index (χ2n) is 19.9. The molecule has 0 spiro atoms. The summed E-state index contributed by atoms with van der Waals surface area (Å²) in [4.78, 5) is 72.2. The fourth-order valence-electron chi connectivity index (χ4n) is 10.2. The number of thiol groups is 1. The first kappa shape index (κ1) is 57.0. The van der Waals surface area contributed by atoms with Crippen LogP contribution in [-0.2, 0) is 42.9 Å². The van der Waals surface area contributed by atoms with Gasteiger partial charge in [0, 0.05) is 55.9 Å². The second-order valence-corrected chi connectivity index (χ2v) is 21.7. The van der Waals surface area contributed by atoms with Crippen molar-refractivity contribution >= 4 is 53.6 Å². The third kappa shape index (κ3) is 15.7. The van der Waals surface area contributed by atoms with Gasteiger partial charge in [-0.25, -0.2) is 4.79 Å². The van der Waals surface area contributed by atoms with Gasteiger partial charge in [-0.3, -0.25) is 19.2 Å². The molecule has 67 heavy (non-hydrogen) atoms. The van der Waals surface area contributed by atoms with Gasteiger partial charge in [-0.15, -0.1) is 0 Å². The van der Waals surface area contributed by atoms with Crippen molar-refractivity contribution in [3.8, 4) is 0 Å². The number of hydrogen-bond acceptors (Lipinski definition) is 14. The van der Waals surface area contributed by atoms with Crippen molar-refractivity contribution in [3.63, 3.8) is 0 Å². The number of ether oxygens (including phenoxy) is 4. The van der Waals surface area contributed by atoms with Crippen LogP contribution in [0.3, 0.4) is 0 Å². The number of hydrogen-bond donors (Lipinski definition) is 4. The molecule has 15 heteroatoms. The first-order chi connectivity index (χ1) is 31.7. The Hall–Kier alpha value is -2.63. The zero-order valence-corrected chi connectivity index (χ0v) is 43.2. The van der Waals surface area contributed by atoms with Gasteiger partial charge in [-0.1, -0.05) is 76.6 Å². The average molecular weight is 976 g/mol. The van der Waals surface area contributed by atoms with Gasteiger partial charge in [-0.05, 0) is 114 Å². The largest absolute Gasteiger partial charge is 0.460 e. The lowest BCUT2D eigenvalue weighted by molar-refractivity contribution is -0.263. The summed E-state index contributed by atoms with van der Waals surface area (Å²) >= 11 is 6.15. The fraction of sp³-hybridized carbons (Fsp3) is 0.750. The number of aliphatic hydroxyl groups is 3. The van der Waals surface area contributed by atoms with Gasteiger partial charge in [0.25, 0.3) is 11.7 Å². The molecule has 4 rings (SSSR count). The summed E-state index contributed by atoms with van der Waals surface area (Å²) < 4.78 is 23.7. The first-order valence-electron chi connectivity index (χ1n) is 24.6. The van der Waals surface area contributed by atoms with Crippen LogP contribution in [0.5, 0.6) is 0 Å². The molecular weight excluding hydrogens is 895 g/mol. The lowest BCUT2D eigenvalue weighted by Gasteiger charge is -2.43. The summed E-state index contributed by atoms with van der Waals surface area (Å²) in [5.74, 6) is -6.40. The van der Waals surface area contributed by atoms with Crippen LogP contribution < -0.4 is 0 Å². The minimum absolute atomic E-state index is 0.0304.